The van der Waals surface area contributed by atoms with E-state index in [4.69, 9.17) is 0 Å². The molecule has 0 aliphatic rings. The van der Waals surface area contributed by atoms with E-state index in [2.05, 4.69) is 0 Å². The fourth-order valence-electron chi connectivity index (χ4n) is 2.11. The van der Waals surface area contributed by atoms with E-state index in [0.717, 1.165) is 16.8 Å². The van der Waals surface area contributed by atoms with Gasteiger partial charge in [0.1, 0.15) is 5.82 Å². The first-order valence-corrected chi connectivity index (χ1v) is 6.67. The van der Waals surface area contributed by atoms with Crippen LogP contribution in [0.3, 0.4) is 0 Å². The Morgan fingerprint density at radius 1 is 1.05 bits per heavy atom. The molecule has 0 aromatic heterocycles. The molecule has 0 spiro atoms. The highest BCUT2D eigenvalue weighted by Crippen LogP contribution is 2.19. The second-order valence-corrected chi connectivity index (χ2v) is 4.87. The van der Waals surface area contributed by atoms with E-state index in [1.54, 1.807) is 24.0 Å². The van der Waals surface area contributed by atoms with Crippen molar-refractivity contribution in [2.45, 2.75) is 20.8 Å². The van der Waals surface area contributed by atoms with Gasteiger partial charge in [0.2, 0.25) is 0 Å². The zero-order valence-electron chi connectivity index (χ0n) is 12.0. The molecule has 0 heterocycles. The highest BCUT2D eigenvalue weighted by Gasteiger charge is 2.19. The SMILES string of the molecule is CCN(C(=O)c1ccc(C)cc1F)c1ccc(C)cc1. The molecule has 0 aliphatic heterocycles. The second kappa shape index (κ2) is 5.87. The number of amides is 1. The maximum Gasteiger partial charge on any atom is 0.261 e. The van der Waals surface area contributed by atoms with Crippen molar-refractivity contribution in [2.75, 3.05) is 11.4 Å². The summed E-state index contributed by atoms with van der Waals surface area (Å²) in [4.78, 5) is 14.1. The summed E-state index contributed by atoms with van der Waals surface area (Å²) in [5.74, 6) is -0.783. The number of benzene rings is 2. The molecule has 3 heteroatoms. The van der Waals surface area contributed by atoms with Gasteiger partial charge in [-0.25, -0.2) is 4.39 Å². The van der Waals surface area contributed by atoms with Crippen molar-refractivity contribution in [3.8, 4) is 0 Å². The van der Waals surface area contributed by atoms with E-state index >= 15 is 0 Å². The third kappa shape index (κ3) is 2.87. The van der Waals surface area contributed by atoms with Crippen LogP contribution >= 0.6 is 0 Å². The lowest BCUT2D eigenvalue weighted by atomic mass is 10.1. The Hall–Kier alpha value is -2.16. The number of nitrogens with zero attached hydrogens (tertiary/aromatic N) is 1. The molecule has 0 atom stereocenters. The molecule has 0 fully saturated rings. The van der Waals surface area contributed by atoms with Crippen LogP contribution < -0.4 is 4.90 Å². The molecule has 0 N–H and O–H groups in total. The monoisotopic (exact) mass is 271 g/mol. The normalized spacial score (nSPS) is 10.4. The number of hydrogen-bond acceptors (Lipinski definition) is 1. The molecule has 0 radical (unpaired) electrons. The molecule has 0 bridgehead atoms. The topological polar surface area (TPSA) is 20.3 Å². The zero-order valence-corrected chi connectivity index (χ0v) is 12.0. The van der Waals surface area contributed by atoms with E-state index in [0.29, 0.717) is 6.54 Å². The summed E-state index contributed by atoms with van der Waals surface area (Å²) in [7, 11) is 0. The Morgan fingerprint density at radius 2 is 1.65 bits per heavy atom. The minimum atomic E-state index is -0.472. The smallest absolute Gasteiger partial charge is 0.261 e. The molecule has 1 amide bonds. The quantitative estimate of drug-likeness (QED) is 0.822. The predicted octanol–water partition coefficient (Wildman–Crippen LogP) is 4.11. The summed E-state index contributed by atoms with van der Waals surface area (Å²) >= 11 is 0. The maximum atomic E-state index is 13.9. The van der Waals surface area contributed by atoms with E-state index in [9.17, 15) is 9.18 Å². The van der Waals surface area contributed by atoms with E-state index in [1.165, 1.54) is 6.07 Å². The number of rotatable bonds is 3. The molecular weight excluding hydrogens is 253 g/mol. The van der Waals surface area contributed by atoms with Gasteiger partial charge in [0.15, 0.2) is 0 Å². The van der Waals surface area contributed by atoms with Gasteiger partial charge < -0.3 is 4.90 Å². The third-order valence-electron chi connectivity index (χ3n) is 3.26. The average Bonchev–Trinajstić information content (AvgIpc) is 2.41. The zero-order chi connectivity index (χ0) is 14.7. The lowest BCUT2D eigenvalue weighted by molar-refractivity contribution is 0.0984. The average molecular weight is 271 g/mol. The fourth-order valence-corrected chi connectivity index (χ4v) is 2.11. The first-order valence-electron chi connectivity index (χ1n) is 6.67. The van der Waals surface area contributed by atoms with Crippen LogP contribution in [-0.4, -0.2) is 12.5 Å². The first-order chi connectivity index (χ1) is 9.52. The van der Waals surface area contributed by atoms with Crippen LogP contribution in [0.4, 0.5) is 10.1 Å². The molecule has 0 saturated heterocycles. The number of hydrogen-bond donors (Lipinski definition) is 0. The Kier molecular flexibility index (Phi) is 4.18. The number of carbonyl (C=O) groups excluding carboxylic acids is 1. The van der Waals surface area contributed by atoms with Gasteiger partial charge in [-0.05, 0) is 50.6 Å². The Bertz CT molecular complexity index is 619. The minimum Gasteiger partial charge on any atom is -0.309 e. The molecule has 0 saturated carbocycles. The Labute approximate surface area is 118 Å². The van der Waals surface area contributed by atoms with Crippen molar-refractivity contribution < 1.29 is 9.18 Å². The highest BCUT2D eigenvalue weighted by molar-refractivity contribution is 6.06. The number of aryl methyl sites for hydroxylation is 2. The van der Waals surface area contributed by atoms with Gasteiger partial charge in [0.25, 0.3) is 5.91 Å². The van der Waals surface area contributed by atoms with Crippen LogP contribution in [-0.2, 0) is 0 Å². The van der Waals surface area contributed by atoms with Crippen molar-refractivity contribution in [3.63, 3.8) is 0 Å². The summed E-state index contributed by atoms with van der Waals surface area (Å²) < 4.78 is 13.9. The summed E-state index contributed by atoms with van der Waals surface area (Å²) in [6.45, 7) is 6.16. The van der Waals surface area contributed by atoms with Crippen LogP contribution in [0.15, 0.2) is 42.5 Å². The van der Waals surface area contributed by atoms with E-state index in [-0.39, 0.29) is 11.5 Å². The second-order valence-electron chi connectivity index (χ2n) is 4.87. The molecule has 2 aromatic rings. The standard InChI is InChI=1S/C17H18FNO/c1-4-19(14-8-5-12(2)6-9-14)17(20)15-10-7-13(3)11-16(15)18/h5-11H,4H2,1-3H3. The Balaban J connectivity index is 2.36. The van der Waals surface area contributed by atoms with Gasteiger partial charge in [0, 0.05) is 12.2 Å². The summed E-state index contributed by atoms with van der Waals surface area (Å²) in [5.41, 5.74) is 2.82. The van der Waals surface area contributed by atoms with Crippen molar-refractivity contribution in [1.29, 1.82) is 0 Å². The van der Waals surface area contributed by atoms with Crippen molar-refractivity contribution >= 4 is 11.6 Å². The number of anilines is 1. The maximum absolute atomic E-state index is 13.9. The predicted molar refractivity (Wildman–Crippen MR) is 79.7 cm³/mol. The Morgan fingerprint density at radius 3 is 2.20 bits per heavy atom. The minimum absolute atomic E-state index is 0.109. The fraction of sp³-hybridized carbons (Fsp3) is 0.235. The van der Waals surface area contributed by atoms with Crippen LogP contribution in [0.1, 0.15) is 28.4 Å². The molecule has 104 valence electrons. The molecule has 2 rings (SSSR count). The molecule has 20 heavy (non-hydrogen) atoms. The largest absolute Gasteiger partial charge is 0.309 e. The van der Waals surface area contributed by atoms with Gasteiger partial charge in [-0.1, -0.05) is 23.8 Å². The molecule has 2 aromatic carbocycles. The van der Waals surface area contributed by atoms with Gasteiger partial charge in [0.05, 0.1) is 5.56 Å². The summed E-state index contributed by atoms with van der Waals surface area (Å²) in [5, 5.41) is 0. The summed E-state index contributed by atoms with van der Waals surface area (Å²) in [6, 6.07) is 12.3. The van der Waals surface area contributed by atoms with Crippen LogP contribution in [0.2, 0.25) is 0 Å². The highest BCUT2D eigenvalue weighted by atomic mass is 19.1. The van der Waals surface area contributed by atoms with E-state index in [1.807, 2.05) is 38.1 Å². The molecule has 0 aliphatic carbocycles. The summed E-state index contributed by atoms with van der Waals surface area (Å²) in [6.07, 6.45) is 0. The van der Waals surface area contributed by atoms with Gasteiger partial charge in [-0.2, -0.15) is 0 Å². The van der Waals surface area contributed by atoms with Gasteiger partial charge in [-0.15, -0.1) is 0 Å². The van der Waals surface area contributed by atoms with Gasteiger partial charge >= 0.3 is 0 Å². The van der Waals surface area contributed by atoms with Crippen LogP contribution in [0.5, 0.6) is 0 Å². The van der Waals surface area contributed by atoms with E-state index < -0.39 is 5.82 Å². The van der Waals surface area contributed by atoms with Crippen LogP contribution in [0, 0.1) is 19.7 Å². The molecule has 2 nitrogen and oxygen atoms in total. The lowest BCUT2D eigenvalue weighted by Crippen LogP contribution is -2.31. The van der Waals surface area contributed by atoms with Crippen molar-refractivity contribution in [2.24, 2.45) is 0 Å². The molecule has 0 unspecified atom stereocenters. The van der Waals surface area contributed by atoms with Crippen molar-refractivity contribution in [1.82, 2.24) is 0 Å². The first kappa shape index (κ1) is 14.3. The third-order valence-corrected chi connectivity index (χ3v) is 3.26. The van der Waals surface area contributed by atoms with Gasteiger partial charge in [-0.3, -0.25) is 4.79 Å². The number of halogens is 1. The lowest BCUT2D eigenvalue weighted by Gasteiger charge is -2.21. The molecular formula is C17H18FNO. The van der Waals surface area contributed by atoms with Crippen LogP contribution in [0.25, 0.3) is 0 Å². The number of carbonyl (C=O) groups is 1. The van der Waals surface area contributed by atoms with Crippen molar-refractivity contribution in [3.05, 3.63) is 65.0 Å².